The number of amides is 1. The average molecular weight is 233 g/mol. The summed E-state index contributed by atoms with van der Waals surface area (Å²) in [6, 6.07) is 8.50. The van der Waals surface area contributed by atoms with Gasteiger partial charge in [-0.1, -0.05) is 37.3 Å². The third-order valence-electron chi connectivity index (χ3n) is 2.25. The predicted octanol–water partition coefficient (Wildman–Crippen LogP) is 1.68. The van der Waals surface area contributed by atoms with Gasteiger partial charge in [0.15, 0.2) is 0 Å². The molecule has 0 aromatic heterocycles. The van der Waals surface area contributed by atoms with Gasteiger partial charge in [0.05, 0.1) is 0 Å². The Balaban J connectivity index is 2.55. The number of benzene rings is 1. The maximum atomic E-state index is 11.4. The molecule has 1 aromatic rings. The number of aliphatic carboxylic acids is 1. The highest BCUT2D eigenvalue weighted by Gasteiger charge is 2.15. The lowest BCUT2D eigenvalue weighted by Crippen LogP contribution is -2.39. The molecule has 4 heteroatoms. The minimum Gasteiger partial charge on any atom is -0.480 e. The molecule has 0 saturated carbocycles. The molecule has 0 aliphatic rings. The molecule has 0 radical (unpaired) electrons. The molecule has 17 heavy (non-hydrogen) atoms. The van der Waals surface area contributed by atoms with Crippen molar-refractivity contribution in [2.24, 2.45) is 0 Å². The van der Waals surface area contributed by atoms with E-state index < -0.39 is 17.9 Å². The van der Waals surface area contributed by atoms with Crippen molar-refractivity contribution in [1.29, 1.82) is 0 Å². The molecule has 0 bridgehead atoms. The molecular formula is C13H15NO3. The van der Waals surface area contributed by atoms with E-state index in [1.54, 1.807) is 13.0 Å². The summed E-state index contributed by atoms with van der Waals surface area (Å²) in [6.45, 7) is 1.71. The number of hydrogen-bond acceptors (Lipinski definition) is 2. The number of rotatable bonds is 5. The lowest BCUT2D eigenvalue weighted by molar-refractivity contribution is -0.141. The van der Waals surface area contributed by atoms with Crippen molar-refractivity contribution in [2.75, 3.05) is 0 Å². The normalized spacial score (nSPS) is 12.3. The molecule has 2 N–H and O–H groups in total. The molecule has 0 unspecified atom stereocenters. The van der Waals surface area contributed by atoms with Crippen LogP contribution in [0.15, 0.2) is 36.4 Å². The van der Waals surface area contributed by atoms with Crippen LogP contribution in [0.2, 0.25) is 0 Å². The second-order valence-corrected chi connectivity index (χ2v) is 3.55. The van der Waals surface area contributed by atoms with E-state index >= 15 is 0 Å². The molecule has 4 nitrogen and oxygen atoms in total. The molecule has 0 saturated heterocycles. The second-order valence-electron chi connectivity index (χ2n) is 3.55. The summed E-state index contributed by atoms with van der Waals surface area (Å²) in [6.07, 6.45) is 3.34. The van der Waals surface area contributed by atoms with E-state index in [0.29, 0.717) is 6.42 Å². The zero-order valence-corrected chi connectivity index (χ0v) is 9.59. The second kappa shape index (κ2) is 6.48. The Kier molecular flexibility index (Phi) is 4.94. The van der Waals surface area contributed by atoms with Crippen molar-refractivity contribution in [2.45, 2.75) is 19.4 Å². The molecule has 0 fully saturated rings. The average Bonchev–Trinajstić information content (AvgIpc) is 2.34. The summed E-state index contributed by atoms with van der Waals surface area (Å²) in [5.74, 6) is -1.42. The van der Waals surface area contributed by atoms with Gasteiger partial charge in [0.1, 0.15) is 6.04 Å². The largest absolute Gasteiger partial charge is 0.480 e. The van der Waals surface area contributed by atoms with Gasteiger partial charge >= 0.3 is 5.97 Å². The number of carboxylic acid groups (broad SMARTS) is 1. The lowest BCUT2D eigenvalue weighted by Gasteiger charge is -2.09. The van der Waals surface area contributed by atoms with Crippen LogP contribution in [0.4, 0.5) is 0 Å². The molecular weight excluding hydrogens is 218 g/mol. The van der Waals surface area contributed by atoms with E-state index in [4.69, 9.17) is 5.11 Å². The summed E-state index contributed by atoms with van der Waals surface area (Å²) < 4.78 is 0. The summed E-state index contributed by atoms with van der Waals surface area (Å²) in [4.78, 5) is 22.1. The Hall–Kier alpha value is -2.10. The van der Waals surface area contributed by atoms with Gasteiger partial charge in [0.25, 0.3) is 0 Å². The fourth-order valence-corrected chi connectivity index (χ4v) is 1.29. The highest BCUT2D eigenvalue weighted by Crippen LogP contribution is 2.00. The first-order valence-corrected chi connectivity index (χ1v) is 5.40. The summed E-state index contributed by atoms with van der Waals surface area (Å²) in [5, 5.41) is 11.2. The topological polar surface area (TPSA) is 66.4 Å². The van der Waals surface area contributed by atoms with Crippen molar-refractivity contribution in [3.8, 4) is 0 Å². The van der Waals surface area contributed by atoms with E-state index in [9.17, 15) is 9.59 Å². The molecule has 0 spiro atoms. The minimum absolute atomic E-state index is 0.361. The molecule has 90 valence electrons. The van der Waals surface area contributed by atoms with Crippen molar-refractivity contribution in [3.05, 3.63) is 42.0 Å². The first-order chi connectivity index (χ1) is 8.13. The maximum absolute atomic E-state index is 11.4. The molecule has 0 aliphatic carbocycles. The zero-order chi connectivity index (χ0) is 12.7. The number of carbonyl (C=O) groups is 2. The van der Waals surface area contributed by atoms with E-state index in [0.717, 1.165) is 5.56 Å². The molecule has 0 aliphatic heterocycles. The van der Waals surface area contributed by atoms with Crippen molar-refractivity contribution in [3.63, 3.8) is 0 Å². The van der Waals surface area contributed by atoms with E-state index in [1.165, 1.54) is 6.08 Å². The van der Waals surface area contributed by atoms with E-state index in [-0.39, 0.29) is 0 Å². The Morgan fingerprint density at radius 2 is 2.00 bits per heavy atom. The summed E-state index contributed by atoms with van der Waals surface area (Å²) in [7, 11) is 0. The zero-order valence-electron chi connectivity index (χ0n) is 9.59. The SMILES string of the molecule is CC[C@H](NC(=O)/C=C/c1ccccc1)C(=O)O. The molecule has 0 heterocycles. The van der Waals surface area contributed by atoms with Crippen LogP contribution in [-0.4, -0.2) is 23.0 Å². The van der Waals surface area contributed by atoms with Gasteiger partial charge in [-0.3, -0.25) is 4.79 Å². The van der Waals surface area contributed by atoms with Gasteiger partial charge in [-0.25, -0.2) is 4.79 Å². The van der Waals surface area contributed by atoms with Crippen LogP contribution in [0.3, 0.4) is 0 Å². The molecule has 1 amide bonds. The predicted molar refractivity (Wildman–Crippen MR) is 65.3 cm³/mol. The van der Waals surface area contributed by atoms with Gasteiger partial charge in [0, 0.05) is 6.08 Å². The van der Waals surface area contributed by atoms with Crippen LogP contribution in [-0.2, 0) is 9.59 Å². The van der Waals surface area contributed by atoms with E-state index in [2.05, 4.69) is 5.32 Å². The smallest absolute Gasteiger partial charge is 0.326 e. The Labute approximate surface area is 100.0 Å². The van der Waals surface area contributed by atoms with Gasteiger partial charge in [0.2, 0.25) is 5.91 Å². The number of carbonyl (C=O) groups excluding carboxylic acids is 1. The Morgan fingerprint density at radius 3 is 2.53 bits per heavy atom. The van der Waals surface area contributed by atoms with Crippen LogP contribution < -0.4 is 5.32 Å². The third kappa shape index (κ3) is 4.51. The molecule has 1 atom stereocenters. The number of hydrogen-bond donors (Lipinski definition) is 2. The summed E-state index contributed by atoms with van der Waals surface area (Å²) >= 11 is 0. The third-order valence-corrected chi connectivity index (χ3v) is 2.25. The maximum Gasteiger partial charge on any atom is 0.326 e. The fraction of sp³-hybridized carbons (Fsp3) is 0.231. The highest BCUT2D eigenvalue weighted by molar-refractivity contribution is 5.94. The van der Waals surface area contributed by atoms with Gasteiger partial charge in [-0.15, -0.1) is 0 Å². The van der Waals surface area contributed by atoms with Crippen molar-refractivity contribution < 1.29 is 14.7 Å². The van der Waals surface area contributed by atoms with Crippen LogP contribution in [0.25, 0.3) is 6.08 Å². The standard InChI is InChI=1S/C13H15NO3/c1-2-11(13(16)17)14-12(15)9-8-10-6-4-3-5-7-10/h3-9,11H,2H2,1H3,(H,14,15)(H,16,17)/b9-8+/t11-/m0/s1. The molecule has 1 rings (SSSR count). The van der Waals surface area contributed by atoms with E-state index in [1.807, 2.05) is 30.3 Å². The van der Waals surface area contributed by atoms with Crippen LogP contribution in [0.1, 0.15) is 18.9 Å². The lowest BCUT2D eigenvalue weighted by atomic mass is 10.2. The van der Waals surface area contributed by atoms with Gasteiger partial charge in [-0.05, 0) is 18.1 Å². The Morgan fingerprint density at radius 1 is 1.35 bits per heavy atom. The fourth-order valence-electron chi connectivity index (χ4n) is 1.29. The van der Waals surface area contributed by atoms with Crippen molar-refractivity contribution in [1.82, 2.24) is 5.32 Å². The summed E-state index contributed by atoms with van der Waals surface area (Å²) in [5.41, 5.74) is 0.894. The highest BCUT2D eigenvalue weighted by atomic mass is 16.4. The quantitative estimate of drug-likeness (QED) is 0.760. The van der Waals surface area contributed by atoms with Crippen LogP contribution in [0.5, 0.6) is 0 Å². The van der Waals surface area contributed by atoms with Crippen LogP contribution in [0, 0.1) is 0 Å². The monoisotopic (exact) mass is 233 g/mol. The molecule has 1 aromatic carbocycles. The van der Waals surface area contributed by atoms with Gasteiger partial charge < -0.3 is 10.4 Å². The van der Waals surface area contributed by atoms with Gasteiger partial charge in [-0.2, -0.15) is 0 Å². The first-order valence-electron chi connectivity index (χ1n) is 5.40. The Bertz CT molecular complexity index is 412. The number of carboxylic acids is 1. The minimum atomic E-state index is -1.02. The van der Waals surface area contributed by atoms with Crippen molar-refractivity contribution >= 4 is 18.0 Å². The van der Waals surface area contributed by atoms with Crippen LogP contribution >= 0.6 is 0 Å². The first kappa shape index (κ1) is 13.0. The number of nitrogens with one attached hydrogen (secondary N) is 1.